The summed E-state index contributed by atoms with van der Waals surface area (Å²) in [4.78, 5) is 16.0. The maximum Gasteiger partial charge on any atom is 0.255 e. The minimum atomic E-state index is -0.241. The van der Waals surface area contributed by atoms with Gasteiger partial charge in [0.1, 0.15) is 11.8 Å². The monoisotopic (exact) mass is 323 g/mol. The first-order valence-corrected chi connectivity index (χ1v) is 8.13. The van der Waals surface area contributed by atoms with Crippen LogP contribution in [0, 0.1) is 11.3 Å². The molecule has 5 heteroatoms. The van der Waals surface area contributed by atoms with Crippen LogP contribution in [-0.4, -0.2) is 17.5 Å². The van der Waals surface area contributed by atoms with E-state index in [2.05, 4.69) is 23.3 Å². The van der Waals surface area contributed by atoms with Crippen molar-refractivity contribution in [2.45, 2.75) is 32.6 Å². The molecule has 0 aliphatic carbocycles. The van der Waals surface area contributed by atoms with E-state index in [1.807, 2.05) is 0 Å². The molecule has 24 heavy (non-hydrogen) atoms. The topological polar surface area (TPSA) is 75.0 Å². The van der Waals surface area contributed by atoms with Crippen LogP contribution >= 0.6 is 0 Å². The molecule has 2 aromatic rings. The first-order chi connectivity index (χ1) is 11.7. The first kappa shape index (κ1) is 17.5. The molecule has 0 spiro atoms. The number of amides is 1. The fraction of sp³-hybridized carbons (Fsp3) is 0.316. The lowest BCUT2D eigenvalue weighted by Crippen LogP contribution is -2.12. The molecule has 124 valence electrons. The van der Waals surface area contributed by atoms with Crippen molar-refractivity contribution in [1.29, 1.82) is 5.26 Å². The molecule has 0 aliphatic rings. The smallest absolute Gasteiger partial charge is 0.255 e. The third kappa shape index (κ3) is 5.10. The van der Waals surface area contributed by atoms with Crippen LogP contribution in [-0.2, 0) is 0 Å². The second-order valence-corrected chi connectivity index (χ2v) is 5.42. The third-order valence-electron chi connectivity index (χ3n) is 3.56. The average Bonchev–Trinajstić information content (AvgIpc) is 2.63. The number of anilines is 1. The molecule has 0 fully saturated rings. The van der Waals surface area contributed by atoms with E-state index in [4.69, 9.17) is 4.74 Å². The molecule has 5 nitrogen and oxygen atoms in total. The highest BCUT2D eigenvalue weighted by Crippen LogP contribution is 2.23. The van der Waals surface area contributed by atoms with Crippen LogP contribution in [0.4, 0.5) is 5.69 Å². The number of aromatic nitrogens is 1. The lowest BCUT2D eigenvalue weighted by atomic mass is 10.1. The molecule has 1 N–H and O–H groups in total. The fourth-order valence-electron chi connectivity index (χ4n) is 2.24. The van der Waals surface area contributed by atoms with Crippen LogP contribution in [0.3, 0.4) is 0 Å². The second kappa shape index (κ2) is 9.31. The Morgan fingerprint density at radius 3 is 2.71 bits per heavy atom. The number of carbonyl (C=O) groups excluding carboxylic acids is 1. The highest BCUT2D eigenvalue weighted by molar-refractivity contribution is 6.04. The summed E-state index contributed by atoms with van der Waals surface area (Å²) >= 11 is 0. The molecule has 2 rings (SSSR count). The summed E-state index contributed by atoms with van der Waals surface area (Å²) in [5.41, 5.74) is 1.49. The van der Waals surface area contributed by atoms with E-state index in [0.29, 0.717) is 29.2 Å². The molecule has 1 heterocycles. The van der Waals surface area contributed by atoms with Gasteiger partial charge in [-0.3, -0.25) is 9.78 Å². The largest absolute Gasteiger partial charge is 0.492 e. The number of nitrogens with one attached hydrogen (secondary N) is 1. The Morgan fingerprint density at radius 2 is 2.00 bits per heavy atom. The molecule has 1 aromatic carbocycles. The average molecular weight is 323 g/mol. The van der Waals surface area contributed by atoms with Crippen molar-refractivity contribution in [3.63, 3.8) is 0 Å². The molecule has 0 radical (unpaired) electrons. The number of carbonyl (C=O) groups is 1. The molecule has 0 saturated heterocycles. The molecule has 0 unspecified atom stereocenters. The van der Waals surface area contributed by atoms with E-state index >= 15 is 0 Å². The molecule has 1 amide bonds. The predicted octanol–water partition coefficient (Wildman–Crippen LogP) is 4.16. The lowest BCUT2D eigenvalue weighted by Gasteiger charge is -2.10. The van der Waals surface area contributed by atoms with Gasteiger partial charge < -0.3 is 10.1 Å². The van der Waals surface area contributed by atoms with Gasteiger partial charge in [0, 0.05) is 23.6 Å². The van der Waals surface area contributed by atoms with Crippen molar-refractivity contribution in [3.8, 4) is 11.8 Å². The van der Waals surface area contributed by atoms with Crippen molar-refractivity contribution < 1.29 is 9.53 Å². The van der Waals surface area contributed by atoms with Crippen LogP contribution in [0.25, 0.3) is 0 Å². The molecule has 1 aromatic heterocycles. The number of hydrogen-bond acceptors (Lipinski definition) is 4. The third-order valence-corrected chi connectivity index (χ3v) is 3.56. The summed E-state index contributed by atoms with van der Waals surface area (Å²) < 4.78 is 5.68. The van der Waals surface area contributed by atoms with Crippen LogP contribution < -0.4 is 10.1 Å². The van der Waals surface area contributed by atoms with Crippen molar-refractivity contribution in [1.82, 2.24) is 4.98 Å². The Bertz CT molecular complexity index is 708. The van der Waals surface area contributed by atoms with Gasteiger partial charge in [0.25, 0.3) is 5.91 Å². The van der Waals surface area contributed by atoms with Crippen molar-refractivity contribution >= 4 is 11.6 Å². The van der Waals surface area contributed by atoms with Crippen LogP contribution in [0.15, 0.2) is 42.7 Å². The van der Waals surface area contributed by atoms with Gasteiger partial charge in [-0.05, 0) is 36.8 Å². The van der Waals surface area contributed by atoms with Gasteiger partial charge in [-0.1, -0.05) is 26.2 Å². The van der Waals surface area contributed by atoms with E-state index < -0.39 is 0 Å². The Kier molecular flexibility index (Phi) is 6.78. The molecule has 0 atom stereocenters. The Labute approximate surface area is 142 Å². The summed E-state index contributed by atoms with van der Waals surface area (Å²) in [5.74, 6) is 0.311. The van der Waals surface area contributed by atoms with Crippen LogP contribution in [0.1, 0.15) is 48.5 Å². The first-order valence-electron chi connectivity index (χ1n) is 8.13. The molecular weight excluding hydrogens is 302 g/mol. The number of rotatable bonds is 8. The number of unbranched alkanes of at least 4 members (excludes halogenated alkanes) is 3. The summed E-state index contributed by atoms with van der Waals surface area (Å²) in [6.07, 6.45) is 7.58. The zero-order chi connectivity index (χ0) is 17.2. The quantitative estimate of drug-likeness (QED) is 0.740. The molecule has 0 bridgehead atoms. The predicted molar refractivity (Wildman–Crippen MR) is 93.0 cm³/mol. The minimum Gasteiger partial charge on any atom is -0.492 e. The Hall–Kier alpha value is -2.87. The molecular formula is C19H21N3O2. The Morgan fingerprint density at radius 1 is 1.21 bits per heavy atom. The van der Waals surface area contributed by atoms with Crippen molar-refractivity contribution in [3.05, 3.63) is 53.9 Å². The standard InChI is InChI=1S/C19H21N3O2/c1-2-3-4-5-12-24-18-7-6-17(13-16(18)14-20)22-19(23)15-8-10-21-11-9-15/h6-11,13H,2-5,12H2,1H3,(H,22,23). The van der Waals surface area contributed by atoms with Gasteiger partial charge in [-0.15, -0.1) is 0 Å². The number of pyridine rings is 1. The summed E-state index contributed by atoms with van der Waals surface area (Å²) in [6, 6.07) is 10.5. The van der Waals surface area contributed by atoms with E-state index in [9.17, 15) is 10.1 Å². The fourth-order valence-corrected chi connectivity index (χ4v) is 2.24. The normalized spacial score (nSPS) is 10.0. The van der Waals surface area contributed by atoms with Gasteiger partial charge in [0.05, 0.1) is 12.2 Å². The van der Waals surface area contributed by atoms with Crippen LogP contribution in [0.2, 0.25) is 0 Å². The highest BCUT2D eigenvalue weighted by atomic mass is 16.5. The number of benzene rings is 1. The van der Waals surface area contributed by atoms with Gasteiger partial charge in [0.15, 0.2) is 0 Å². The lowest BCUT2D eigenvalue weighted by molar-refractivity contribution is 0.102. The molecule has 0 saturated carbocycles. The van der Waals surface area contributed by atoms with E-state index in [1.54, 1.807) is 42.7 Å². The van der Waals surface area contributed by atoms with E-state index in [1.165, 1.54) is 12.8 Å². The van der Waals surface area contributed by atoms with E-state index in [-0.39, 0.29) is 5.91 Å². The van der Waals surface area contributed by atoms with Gasteiger partial charge in [0.2, 0.25) is 0 Å². The van der Waals surface area contributed by atoms with Crippen LogP contribution in [0.5, 0.6) is 5.75 Å². The maximum absolute atomic E-state index is 12.1. The second-order valence-electron chi connectivity index (χ2n) is 5.42. The number of nitriles is 1. The number of nitrogens with zero attached hydrogens (tertiary/aromatic N) is 2. The Balaban J connectivity index is 1.98. The highest BCUT2D eigenvalue weighted by Gasteiger charge is 2.09. The SMILES string of the molecule is CCCCCCOc1ccc(NC(=O)c2ccncc2)cc1C#N. The van der Waals surface area contributed by atoms with Gasteiger partial charge in [-0.2, -0.15) is 5.26 Å². The number of ether oxygens (including phenoxy) is 1. The summed E-state index contributed by atoms with van der Waals surface area (Å²) in [7, 11) is 0. The van der Waals surface area contributed by atoms with Crippen molar-refractivity contribution in [2.24, 2.45) is 0 Å². The number of hydrogen-bond donors (Lipinski definition) is 1. The van der Waals surface area contributed by atoms with E-state index in [0.717, 1.165) is 12.8 Å². The molecule has 0 aliphatic heterocycles. The minimum absolute atomic E-state index is 0.241. The summed E-state index contributed by atoms with van der Waals surface area (Å²) in [5, 5.41) is 12.1. The van der Waals surface area contributed by atoms with Gasteiger partial charge >= 0.3 is 0 Å². The van der Waals surface area contributed by atoms with Gasteiger partial charge in [-0.25, -0.2) is 0 Å². The zero-order valence-corrected chi connectivity index (χ0v) is 13.8. The summed E-state index contributed by atoms with van der Waals surface area (Å²) in [6.45, 7) is 2.75. The maximum atomic E-state index is 12.1. The van der Waals surface area contributed by atoms with Crippen molar-refractivity contribution in [2.75, 3.05) is 11.9 Å². The zero-order valence-electron chi connectivity index (χ0n) is 13.8.